The van der Waals surface area contributed by atoms with Gasteiger partial charge in [0.25, 0.3) is 5.24 Å². The second kappa shape index (κ2) is 52.9. The Morgan fingerprint density at radius 1 is 0.463 bits per heavy atom. The summed E-state index contributed by atoms with van der Waals surface area (Å²) in [6.07, 6.45) is 29.3. The van der Waals surface area contributed by atoms with Crippen LogP contribution in [0, 0.1) is 5.92 Å². The average Bonchev–Trinajstić information content (AvgIpc) is 1.68. The van der Waals surface area contributed by atoms with Gasteiger partial charge in [-0.15, -0.1) is 0 Å². The van der Waals surface area contributed by atoms with Gasteiger partial charge in [0.2, 0.25) is 0 Å². The minimum Gasteiger partial charge on any atom is -0.478 e. The highest BCUT2D eigenvalue weighted by molar-refractivity contribution is 6.67. The maximum absolute atomic E-state index is 12.4. The lowest BCUT2D eigenvalue weighted by Gasteiger charge is -2.32. The first kappa shape index (κ1) is 95.3. The molecule has 14 rings (SSSR count). The van der Waals surface area contributed by atoms with Crippen LogP contribution in [0.5, 0.6) is 0 Å². The molecule has 6 aromatic rings. The molecule has 27 heteroatoms. The van der Waals surface area contributed by atoms with Crippen LogP contribution < -0.4 is 32.7 Å². The topological polar surface area (TPSA) is 385 Å². The lowest BCUT2D eigenvalue weighted by molar-refractivity contribution is -0.123. The van der Waals surface area contributed by atoms with Crippen LogP contribution in [0.25, 0.3) is 0 Å². The first-order chi connectivity index (χ1) is 58.6. The Hall–Kier alpha value is -12.8. The maximum atomic E-state index is 12.4. The number of ether oxygens (including phenoxy) is 5. The fraction of sp³-hybridized carbons (Fsp3) is 0.340. The van der Waals surface area contributed by atoms with E-state index < -0.39 is 47.5 Å². The fourth-order valence-electron chi connectivity index (χ4n) is 13.7. The Labute approximate surface area is 712 Å². The number of aromatic carboxylic acids is 2. The molecule has 3 heterocycles. The molecule has 640 valence electrons. The molecule has 26 nitrogen and oxygen atoms in total. The van der Waals surface area contributed by atoms with Crippen molar-refractivity contribution in [3.8, 4) is 0 Å². The number of aliphatic imine (C=N–C) groups is 2. The standard InChI is InChI=1S/C18H20N2O2.C17H19NO4.C14H16N2.C11H10ClNO3.C11H11NO4.C10H17NO.C7H7NO2.C6H10O/c1-2-10-22-18(21)20-15-8-5-7-13(11-15)17-16-9-4-3-6-14(16)12-19-17;1-2-10-22-17(21)18-13-7-5-6-12(11-13)16(20)14-8-3-4-9-15(14)19;15-12-6-3-5-10(8-12)14-13-7-2-1-4-11(13)9-16-14;1-2-6-16-11(15)13-9-5-3-4-8(7-9)10(12)14;1-2-6-16-11(15)12-9-5-3-4-8(7-9)10(13)14;1-2-4-10(5-3-1)11-6-8-12-9-7-11;8-6-3-1-2-5(4-6)7(9)10;7-6-4-2-1-3-5-6/h2,5,7-8,11H,1,3-4,6,9-10,12H2,(H,20,21);2,5-7,11,14H,1,3-4,8-10H2,(H,18,21);3,5-6,8H,1-2,4,7,9,15H2;2-5,7H,1,6H2,(H,13,15);2-5,7H,1,6H2,(H,12,15)(H,13,14);4H,1-3,5-9H2;1-4H,8H2,(H,9,10);1-5H2. The van der Waals surface area contributed by atoms with Crippen LogP contribution in [0.4, 0.5) is 53.3 Å². The van der Waals surface area contributed by atoms with Gasteiger partial charge in [-0.1, -0.05) is 124 Å². The van der Waals surface area contributed by atoms with Crippen LogP contribution in [-0.4, -0.2) is 151 Å². The zero-order valence-corrected chi connectivity index (χ0v) is 69.2. The molecule has 0 spiro atoms. The number of carboxylic acid groups (broad SMARTS) is 2. The number of nitrogen functional groups attached to an aromatic ring is 2. The number of nitrogens with two attached hydrogens (primary N) is 2. The molecule has 6 aromatic carbocycles. The van der Waals surface area contributed by atoms with Gasteiger partial charge in [0.1, 0.15) is 38.0 Å². The zero-order chi connectivity index (χ0) is 87.1. The van der Waals surface area contributed by atoms with Gasteiger partial charge in [-0.3, -0.25) is 50.4 Å². The van der Waals surface area contributed by atoms with Crippen LogP contribution >= 0.6 is 11.6 Å². The zero-order valence-electron chi connectivity index (χ0n) is 68.5. The SMILES string of the molecule is C1=C(N2CCOCC2)CCCC1.C=CCOC(=O)Nc1cccc(C(=O)C2CCCCC2=O)c1.C=CCOC(=O)Nc1cccc(C(=O)Cl)c1.C=CCOC(=O)Nc1cccc(C(=O)O)c1.C=CCOC(=O)Nc1cccc(C2=NCC3=C2CCCC3)c1.Nc1cccc(C(=O)O)c1.Nc1cccc(C2=NCC3=C2CCCC3)c1.O=C1CCCCC1. The van der Waals surface area contributed by atoms with E-state index in [0.717, 1.165) is 107 Å². The third-order valence-electron chi connectivity index (χ3n) is 19.6. The predicted octanol–water partition coefficient (Wildman–Crippen LogP) is 19.6. The van der Waals surface area contributed by atoms with Crippen LogP contribution in [-0.2, 0) is 33.3 Å². The number of allylic oxidation sites excluding steroid dienone is 4. The molecule has 10 N–H and O–H groups in total. The normalized spacial score (nSPS) is 15.9. The number of nitrogens with one attached hydrogen (secondary N) is 4. The van der Waals surface area contributed by atoms with E-state index in [1.807, 2.05) is 42.5 Å². The van der Waals surface area contributed by atoms with E-state index in [9.17, 15) is 47.9 Å². The number of carbonyl (C=O) groups is 10. The number of hydrogen-bond acceptors (Lipinski definition) is 20. The highest BCUT2D eigenvalue weighted by Crippen LogP contribution is 2.35. The summed E-state index contributed by atoms with van der Waals surface area (Å²) in [6, 6.07) is 40.7. The third kappa shape index (κ3) is 34.2. The summed E-state index contributed by atoms with van der Waals surface area (Å²) in [6.45, 7) is 20.1. The van der Waals surface area contributed by atoms with E-state index in [1.165, 1.54) is 160 Å². The second-order valence-electron chi connectivity index (χ2n) is 28.7. The van der Waals surface area contributed by atoms with Gasteiger partial charge >= 0.3 is 36.3 Å². The van der Waals surface area contributed by atoms with E-state index in [1.54, 1.807) is 78.0 Å². The molecular weight excluding hydrogens is 1560 g/mol. The number of rotatable bonds is 20. The van der Waals surface area contributed by atoms with Gasteiger partial charge in [-0.25, -0.2) is 28.8 Å². The number of carboxylic acids is 2. The summed E-state index contributed by atoms with van der Waals surface area (Å²) in [5.41, 5.74) is 27.6. The number of hydrogen-bond donors (Lipinski definition) is 8. The lowest BCUT2D eigenvalue weighted by atomic mass is 9.83. The van der Waals surface area contributed by atoms with Gasteiger partial charge in [0, 0.05) is 94.4 Å². The maximum Gasteiger partial charge on any atom is 0.411 e. The molecule has 3 fully saturated rings. The summed E-state index contributed by atoms with van der Waals surface area (Å²) >= 11 is 5.30. The molecule has 1 unspecified atom stereocenters. The Morgan fingerprint density at radius 3 is 1.29 bits per heavy atom. The largest absolute Gasteiger partial charge is 0.478 e. The molecule has 8 aliphatic rings. The number of Topliss-reactive ketones (excluding diaryl/α,β-unsaturated/α-hetero) is 3. The fourth-order valence-corrected chi connectivity index (χ4v) is 13.9. The van der Waals surface area contributed by atoms with Crippen molar-refractivity contribution in [3.05, 3.63) is 264 Å². The minimum absolute atomic E-state index is 0.0139. The molecule has 4 amide bonds. The van der Waals surface area contributed by atoms with Crippen molar-refractivity contribution in [1.29, 1.82) is 0 Å². The molecule has 0 aromatic heterocycles. The van der Waals surface area contributed by atoms with Crippen molar-refractivity contribution >= 4 is 116 Å². The van der Waals surface area contributed by atoms with E-state index >= 15 is 0 Å². The van der Waals surface area contributed by atoms with Crippen molar-refractivity contribution in [3.63, 3.8) is 0 Å². The number of ketones is 3. The second-order valence-corrected chi connectivity index (χ2v) is 29.0. The van der Waals surface area contributed by atoms with Gasteiger partial charge in [-0.05, 0) is 228 Å². The first-order valence-electron chi connectivity index (χ1n) is 40.7. The highest BCUT2D eigenvalue weighted by atomic mass is 35.5. The van der Waals surface area contributed by atoms with Gasteiger partial charge in [0.05, 0.1) is 54.8 Å². The summed E-state index contributed by atoms with van der Waals surface area (Å²) in [4.78, 5) is 124. The summed E-state index contributed by atoms with van der Waals surface area (Å²) in [5.74, 6) is -2.24. The van der Waals surface area contributed by atoms with Crippen LogP contribution in [0.3, 0.4) is 0 Å². The number of nitrogens with zero attached hydrogens (tertiary/aromatic N) is 3. The Kier molecular flexibility index (Phi) is 41.7. The van der Waals surface area contributed by atoms with Crippen molar-refractivity contribution in [2.24, 2.45) is 15.9 Å². The molecule has 0 bridgehead atoms. The number of halogens is 1. The molecule has 3 aliphatic heterocycles. The number of carbonyl (C=O) groups excluding carboxylic acids is 8. The van der Waals surface area contributed by atoms with Crippen molar-refractivity contribution < 1.29 is 81.8 Å². The van der Waals surface area contributed by atoms with E-state index in [0.29, 0.717) is 52.5 Å². The van der Waals surface area contributed by atoms with Crippen molar-refractivity contribution in [1.82, 2.24) is 4.90 Å². The number of benzene rings is 6. The highest BCUT2D eigenvalue weighted by Gasteiger charge is 2.30. The van der Waals surface area contributed by atoms with Crippen LogP contribution in [0.2, 0.25) is 0 Å². The minimum atomic E-state index is -1.05. The smallest absolute Gasteiger partial charge is 0.411 e. The first-order valence-corrected chi connectivity index (χ1v) is 41.0. The van der Waals surface area contributed by atoms with Crippen molar-refractivity contribution in [2.45, 2.75) is 135 Å². The van der Waals surface area contributed by atoms with E-state index in [-0.39, 0.29) is 49.1 Å². The molecule has 0 radical (unpaired) electrons. The van der Waals surface area contributed by atoms with E-state index in [2.05, 4.69) is 74.4 Å². The van der Waals surface area contributed by atoms with Crippen LogP contribution in [0.1, 0.15) is 187 Å². The third-order valence-corrected chi connectivity index (χ3v) is 19.9. The number of anilines is 6. The molecule has 121 heavy (non-hydrogen) atoms. The van der Waals surface area contributed by atoms with Crippen LogP contribution in [0.15, 0.2) is 240 Å². The van der Waals surface area contributed by atoms with Gasteiger partial charge < -0.3 is 50.3 Å². The Bertz CT molecular complexity index is 4680. The van der Waals surface area contributed by atoms with Gasteiger partial charge in [0.15, 0.2) is 5.78 Å². The molecule has 1 atom stereocenters. The molecule has 2 saturated carbocycles. The Morgan fingerprint density at radius 2 is 0.860 bits per heavy atom. The average molecular weight is 1670 g/mol. The summed E-state index contributed by atoms with van der Waals surface area (Å²) in [5, 5.41) is 26.7. The number of amides is 4. The molecular formula is C94H110ClN9O17. The lowest BCUT2D eigenvalue weighted by Crippen LogP contribution is -2.35. The summed E-state index contributed by atoms with van der Waals surface area (Å²) < 4.78 is 24.5. The summed E-state index contributed by atoms with van der Waals surface area (Å²) in [7, 11) is 0. The number of morpholine rings is 1. The van der Waals surface area contributed by atoms with E-state index in [4.69, 9.17) is 57.2 Å². The van der Waals surface area contributed by atoms with Crippen molar-refractivity contribution in [2.75, 3.05) is 98.6 Å². The Balaban J connectivity index is 0.000000194. The quantitative estimate of drug-likeness (QED) is 0.00879. The predicted molar refractivity (Wildman–Crippen MR) is 474 cm³/mol. The molecule has 5 aliphatic carbocycles. The molecule has 1 saturated heterocycles. The van der Waals surface area contributed by atoms with Gasteiger partial charge in [-0.2, -0.15) is 0 Å². The monoisotopic (exact) mass is 1670 g/mol.